The number of fused-ring (bicyclic) bond motifs is 1. The first-order valence-corrected chi connectivity index (χ1v) is 8.86. The highest BCUT2D eigenvalue weighted by Crippen LogP contribution is 2.28. The Labute approximate surface area is 150 Å². The first-order chi connectivity index (χ1) is 12.6. The van der Waals surface area contributed by atoms with Gasteiger partial charge in [-0.2, -0.15) is 5.10 Å². The molecule has 7 heteroatoms. The molecule has 2 aromatic heterocycles. The molecule has 0 atom stereocenters. The Kier molecular flexibility index (Phi) is 4.28. The van der Waals surface area contributed by atoms with E-state index in [9.17, 15) is 9.59 Å². The number of rotatable bonds is 6. The van der Waals surface area contributed by atoms with Crippen LogP contribution in [0.3, 0.4) is 0 Å². The number of nitrogens with one attached hydrogen (secondary N) is 1. The van der Waals surface area contributed by atoms with E-state index in [0.29, 0.717) is 30.7 Å². The minimum absolute atomic E-state index is 0.106. The molecule has 0 aliphatic heterocycles. The zero-order chi connectivity index (χ0) is 18.1. The molecule has 0 radical (unpaired) electrons. The van der Waals surface area contributed by atoms with Crippen molar-refractivity contribution in [3.63, 3.8) is 0 Å². The Bertz CT molecular complexity index is 1020. The minimum atomic E-state index is -0.107. The molecule has 134 valence electrons. The average Bonchev–Trinajstić information content (AvgIpc) is 3.39. The van der Waals surface area contributed by atoms with Crippen LogP contribution in [0.15, 0.2) is 41.6 Å². The molecule has 0 bridgehead atoms. The van der Waals surface area contributed by atoms with Gasteiger partial charge in [0, 0.05) is 12.5 Å². The van der Waals surface area contributed by atoms with Crippen LogP contribution in [-0.2, 0) is 17.9 Å². The Morgan fingerprint density at radius 2 is 2.19 bits per heavy atom. The molecule has 1 aromatic carbocycles. The van der Waals surface area contributed by atoms with Crippen molar-refractivity contribution >= 4 is 16.9 Å². The molecule has 2 heterocycles. The second-order valence-electron chi connectivity index (χ2n) is 6.84. The molecule has 4 rings (SSSR count). The summed E-state index contributed by atoms with van der Waals surface area (Å²) in [5.74, 6) is 0.297. The van der Waals surface area contributed by atoms with Gasteiger partial charge in [-0.1, -0.05) is 29.8 Å². The second-order valence-corrected chi connectivity index (χ2v) is 6.84. The number of carbonyl (C=O) groups excluding carboxylic acids is 1. The molecule has 0 spiro atoms. The number of hydrogen-bond acceptors (Lipinski definition) is 4. The lowest BCUT2D eigenvalue weighted by Crippen LogP contribution is -2.28. The van der Waals surface area contributed by atoms with Gasteiger partial charge in [0.2, 0.25) is 5.91 Å². The molecule has 1 aliphatic rings. The largest absolute Gasteiger partial charge is 0.354 e. The monoisotopic (exact) mass is 351 g/mol. The van der Waals surface area contributed by atoms with Gasteiger partial charge >= 0.3 is 0 Å². The molecular weight excluding hydrogens is 330 g/mol. The van der Waals surface area contributed by atoms with Crippen molar-refractivity contribution < 1.29 is 4.79 Å². The summed E-state index contributed by atoms with van der Waals surface area (Å²) in [5.41, 5.74) is 2.66. The maximum absolute atomic E-state index is 12.7. The third-order valence-electron chi connectivity index (χ3n) is 4.63. The van der Waals surface area contributed by atoms with Crippen LogP contribution in [0.1, 0.15) is 24.0 Å². The van der Waals surface area contributed by atoms with E-state index < -0.39 is 0 Å². The lowest BCUT2D eigenvalue weighted by molar-refractivity contribution is -0.122. The summed E-state index contributed by atoms with van der Waals surface area (Å²) in [7, 11) is 0. The summed E-state index contributed by atoms with van der Waals surface area (Å²) in [4.78, 5) is 28.8. The van der Waals surface area contributed by atoms with Crippen molar-refractivity contribution in [3.8, 4) is 0 Å². The van der Waals surface area contributed by atoms with E-state index in [4.69, 9.17) is 0 Å². The van der Waals surface area contributed by atoms with Crippen molar-refractivity contribution in [1.29, 1.82) is 0 Å². The predicted octanol–water partition coefficient (Wildman–Crippen LogP) is 1.48. The molecule has 0 unspecified atom stereocenters. The van der Waals surface area contributed by atoms with Gasteiger partial charge in [-0.25, -0.2) is 9.67 Å². The van der Waals surface area contributed by atoms with Crippen molar-refractivity contribution in [1.82, 2.24) is 24.6 Å². The number of nitrogens with zero attached hydrogens (tertiary/aromatic N) is 4. The van der Waals surface area contributed by atoms with E-state index in [1.165, 1.54) is 0 Å². The molecule has 1 saturated carbocycles. The maximum atomic E-state index is 12.7. The molecule has 26 heavy (non-hydrogen) atoms. The molecule has 0 saturated heterocycles. The molecule has 1 aliphatic carbocycles. The number of aryl methyl sites for hydroxylation is 1. The fourth-order valence-corrected chi connectivity index (χ4v) is 3.06. The van der Waals surface area contributed by atoms with E-state index in [0.717, 1.165) is 24.0 Å². The normalized spacial score (nSPS) is 13.9. The van der Waals surface area contributed by atoms with Gasteiger partial charge in [0.05, 0.1) is 19.3 Å². The summed E-state index contributed by atoms with van der Waals surface area (Å²) in [6.07, 6.45) is 5.09. The summed E-state index contributed by atoms with van der Waals surface area (Å²) < 4.78 is 3.26. The third kappa shape index (κ3) is 3.37. The summed E-state index contributed by atoms with van der Waals surface area (Å²) >= 11 is 0. The Morgan fingerprint density at radius 1 is 1.35 bits per heavy atom. The molecule has 1 amide bonds. The smallest absolute Gasteiger partial charge is 0.264 e. The Balaban J connectivity index is 1.51. The van der Waals surface area contributed by atoms with E-state index in [-0.39, 0.29) is 17.4 Å². The lowest BCUT2D eigenvalue weighted by Gasteiger charge is -2.08. The fraction of sp³-hybridized carbons (Fsp3) is 0.368. The highest BCUT2D eigenvalue weighted by Gasteiger charge is 2.29. The first kappa shape index (κ1) is 16.5. The van der Waals surface area contributed by atoms with Gasteiger partial charge in [0.1, 0.15) is 11.7 Å². The van der Waals surface area contributed by atoms with Crippen molar-refractivity contribution in [2.24, 2.45) is 5.92 Å². The van der Waals surface area contributed by atoms with Gasteiger partial charge in [-0.3, -0.25) is 14.2 Å². The fourth-order valence-electron chi connectivity index (χ4n) is 3.06. The maximum Gasteiger partial charge on any atom is 0.264 e. The summed E-state index contributed by atoms with van der Waals surface area (Å²) in [5, 5.41) is 7.66. The summed E-state index contributed by atoms with van der Waals surface area (Å²) in [6.45, 7) is 3.49. The molecule has 7 nitrogen and oxygen atoms in total. The van der Waals surface area contributed by atoms with Crippen LogP contribution < -0.4 is 10.9 Å². The zero-order valence-corrected chi connectivity index (χ0v) is 14.7. The number of aromatic nitrogens is 4. The van der Waals surface area contributed by atoms with Gasteiger partial charge < -0.3 is 5.32 Å². The predicted molar refractivity (Wildman–Crippen MR) is 97.8 cm³/mol. The third-order valence-corrected chi connectivity index (χ3v) is 4.63. The summed E-state index contributed by atoms with van der Waals surface area (Å²) in [6, 6.07) is 8.06. The Morgan fingerprint density at radius 3 is 2.96 bits per heavy atom. The molecular formula is C19H21N5O2. The zero-order valence-electron chi connectivity index (χ0n) is 14.7. The van der Waals surface area contributed by atoms with Gasteiger partial charge in [-0.05, 0) is 25.3 Å². The Hall–Kier alpha value is -2.96. The SMILES string of the molecule is Cc1cccc(Cn2cnc3c(cnn3CCNC(=O)C3CC3)c2=O)c1. The minimum Gasteiger partial charge on any atom is -0.354 e. The van der Waals surface area contributed by atoms with Crippen molar-refractivity contribution in [2.45, 2.75) is 32.9 Å². The number of benzene rings is 1. The van der Waals surface area contributed by atoms with Crippen LogP contribution >= 0.6 is 0 Å². The van der Waals surface area contributed by atoms with Gasteiger partial charge in [0.25, 0.3) is 5.56 Å². The van der Waals surface area contributed by atoms with Crippen LogP contribution in [0.25, 0.3) is 11.0 Å². The number of carbonyl (C=O) groups is 1. The van der Waals surface area contributed by atoms with Crippen molar-refractivity contribution in [3.05, 3.63) is 58.3 Å². The van der Waals surface area contributed by atoms with E-state index >= 15 is 0 Å². The standard InChI is InChI=1S/C19H21N5O2/c1-13-3-2-4-14(9-13)11-23-12-21-17-16(19(23)26)10-22-24(17)8-7-20-18(25)15-5-6-15/h2-4,9-10,12,15H,5-8,11H2,1H3,(H,20,25). The van der Waals surface area contributed by atoms with Crippen LogP contribution in [0.4, 0.5) is 0 Å². The van der Waals surface area contributed by atoms with Crippen LogP contribution in [0.5, 0.6) is 0 Å². The van der Waals surface area contributed by atoms with Gasteiger partial charge in [-0.15, -0.1) is 0 Å². The topological polar surface area (TPSA) is 81.8 Å². The first-order valence-electron chi connectivity index (χ1n) is 8.86. The number of hydrogen-bond donors (Lipinski definition) is 1. The molecule has 3 aromatic rings. The van der Waals surface area contributed by atoms with Crippen LogP contribution in [-0.4, -0.2) is 31.8 Å². The highest BCUT2D eigenvalue weighted by molar-refractivity contribution is 5.80. The van der Waals surface area contributed by atoms with E-state index in [1.807, 2.05) is 25.1 Å². The van der Waals surface area contributed by atoms with E-state index in [1.54, 1.807) is 21.8 Å². The highest BCUT2D eigenvalue weighted by atomic mass is 16.2. The average molecular weight is 351 g/mol. The number of amides is 1. The lowest BCUT2D eigenvalue weighted by atomic mass is 10.1. The van der Waals surface area contributed by atoms with E-state index in [2.05, 4.69) is 21.5 Å². The van der Waals surface area contributed by atoms with Crippen molar-refractivity contribution in [2.75, 3.05) is 6.54 Å². The van der Waals surface area contributed by atoms with Gasteiger partial charge in [0.15, 0.2) is 5.65 Å². The quantitative estimate of drug-likeness (QED) is 0.729. The van der Waals surface area contributed by atoms with Crippen LogP contribution in [0.2, 0.25) is 0 Å². The second kappa shape index (κ2) is 6.74. The molecule has 1 fully saturated rings. The molecule has 1 N–H and O–H groups in total. The van der Waals surface area contributed by atoms with Crippen LogP contribution in [0, 0.1) is 12.8 Å².